The summed E-state index contributed by atoms with van der Waals surface area (Å²) in [4.78, 5) is 16.0. The molecule has 0 radical (unpaired) electrons. The molecule has 1 spiro atoms. The third kappa shape index (κ3) is 2.74. The van der Waals surface area contributed by atoms with E-state index < -0.39 is 5.60 Å². The quantitative estimate of drug-likeness (QED) is 0.800. The first-order valence-electron chi connectivity index (χ1n) is 7.53. The Hall–Kier alpha value is -2.22. The van der Waals surface area contributed by atoms with Gasteiger partial charge in [-0.25, -0.2) is 4.79 Å². The number of rotatable bonds is 1. The van der Waals surface area contributed by atoms with Gasteiger partial charge in [-0.2, -0.15) is 5.26 Å². The average Bonchev–Trinajstić information content (AvgIpc) is 2.33. The van der Waals surface area contributed by atoms with E-state index in [1.807, 2.05) is 45.0 Å². The lowest BCUT2D eigenvalue weighted by atomic mass is 9.73. The van der Waals surface area contributed by atoms with Crippen LogP contribution in [0.15, 0.2) is 24.3 Å². The van der Waals surface area contributed by atoms with Crippen LogP contribution in [-0.2, 0) is 4.74 Å². The lowest BCUT2D eigenvalue weighted by molar-refractivity contribution is -0.0452. The number of likely N-dealkylation sites (tertiary alicyclic amines) is 1. The van der Waals surface area contributed by atoms with Gasteiger partial charge in [-0.05, 0) is 39.0 Å². The van der Waals surface area contributed by atoms with E-state index in [1.165, 1.54) is 0 Å². The molecule has 1 amide bonds. The summed E-state index contributed by atoms with van der Waals surface area (Å²) in [6.07, 6.45) is -0.219. The Morgan fingerprint density at radius 2 is 1.95 bits per heavy atom. The summed E-state index contributed by atoms with van der Waals surface area (Å²) >= 11 is 0. The lowest BCUT2D eigenvalue weighted by Crippen LogP contribution is -2.73. The van der Waals surface area contributed by atoms with Crippen LogP contribution in [0.5, 0.6) is 0 Å². The summed E-state index contributed by atoms with van der Waals surface area (Å²) in [5, 5.41) is 8.96. The number of ether oxygens (including phenoxy) is 1. The third-order valence-corrected chi connectivity index (χ3v) is 4.10. The fourth-order valence-corrected chi connectivity index (χ4v) is 3.14. The van der Waals surface area contributed by atoms with Crippen LogP contribution in [0.2, 0.25) is 0 Å². The first-order chi connectivity index (χ1) is 10.3. The van der Waals surface area contributed by atoms with Crippen molar-refractivity contribution >= 4 is 11.8 Å². The summed E-state index contributed by atoms with van der Waals surface area (Å²) in [5.74, 6) is 0. The van der Waals surface area contributed by atoms with Crippen LogP contribution in [-0.4, -0.2) is 42.8 Å². The number of amides is 1. The molecule has 1 aromatic rings. The van der Waals surface area contributed by atoms with Crippen LogP contribution >= 0.6 is 0 Å². The van der Waals surface area contributed by atoms with Gasteiger partial charge in [0.2, 0.25) is 0 Å². The van der Waals surface area contributed by atoms with Crippen molar-refractivity contribution in [1.82, 2.24) is 4.90 Å². The van der Waals surface area contributed by atoms with Crippen molar-refractivity contribution in [3.05, 3.63) is 29.8 Å². The van der Waals surface area contributed by atoms with E-state index in [4.69, 9.17) is 10.00 Å². The van der Waals surface area contributed by atoms with Crippen molar-refractivity contribution in [2.45, 2.75) is 26.4 Å². The first-order valence-corrected chi connectivity index (χ1v) is 7.53. The molecule has 0 saturated carbocycles. The van der Waals surface area contributed by atoms with Crippen molar-refractivity contribution in [1.29, 1.82) is 5.26 Å². The molecule has 2 aliphatic rings. The minimum Gasteiger partial charge on any atom is -0.444 e. The molecule has 2 heterocycles. The van der Waals surface area contributed by atoms with Gasteiger partial charge in [-0.1, -0.05) is 6.07 Å². The summed E-state index contributed by atoms with van der Waals surface area (Å²) in [6, 6.07) is 9.83. The molecule has 5 heteroatoms. The van der Waals surface area contributed by atoms with Crippen molar-refractivity contribution in [2.24, 2.45) is 5.41 Å². The van der Waals surface area contributed by atoms with E-state index in [0.717, 1.165) is 31.9 Å². The number of hydrogen-bond acceptors (Lipinski definition) is 4. The molecule has 0 unspecified atom stereocenters. The Labute approximate surface area is 131 Å². The fraction of sp³-hybridized carbons (Fsp3) is 0.529. The van der Waals surface area contributed by atoms with Gasteiger partial charge >= 0.3 is 6.09 Å². The first kappa shape index (κ1) is 14.7. The molecule has 2 saturated heterocycles. The summed E-state index contributed by atoms with van der Waals surface area (Å²) in [5.41, 5.74) is 1.53. The molecule has 5 nitrogen and oxygen atoms in total. The van der Waals surface area contributed by atoms with Crippen molar-refractivity contribution in [3.63, 3.8) is 0 Å². The van der Waals surface area contributed by atoms with Crippen LogP contribution in [0.25, 0.3) is 0 Å². The summed E-state index contributed by atoms with van der Waals surface area (Å²) in [6.45, 7) is 9.03. The van der Waals surface area contributed by atoms with Gasteiger partial charge in [-0.15, -0.1) is 0 Å². The maximum Gasteiger partial charge on any atom is 0.410 e. The SMILES string of the molecule is CC(C)(C)OC(=O)N1CC2(C1)CN(c1cccc(C#N)c1)C2. The van der Waals surface area contributed by atoms with Gasteiger partial charge < -0.3 is 14.5 Å². The monoisotopic (exact) mass is 299 g/mol. The molecule has 2 aliphatic heterocycles. The second kappa shape index (κ2) is 4.91. The normalized spacial score (nSPS) is 19.2. The van der Waals surface area contributed by atoms with Crippen LogP contribution < -0.4 is 4.90 Å². The Morgan fingerprint density at radius 3 is 2.55 bits per heavy atom. The van der Waals surface area contributed by atoms with E-state index in [2.05, 4.69) is 11.0 Å². The number of anilines is 1. The highest BCUT2D eigenvalue weighted by Gasteiger charge is 2.54. The number of benzene rings is 1. The second-order valence-electron chi connectivity index (χ2n) is 7.35. The topological polar surface area (TPSA) is 56.6 Å². The maximum atomic E-state index is 12.0. The van der Waals surface area contributed by atoms with Crippen molar-refractivity contribution in [2.75, 3.05) is 31.1 Å². The highest BCUT2D eigenvalue weighted by atomic mass is 16.6. The number of nitrogens with zero attached hydrogens (tertiary/aromatic N) is 3. The molecule has 0 aliphatic carbocycles. The van der Waals surface area contributed by atoms with Gasteiger partial charge in [0.05, 0.1) is 11.6 Å². The number of hydrogen-bond donors (Lipinski definition) is 0. The highest BCUT2D eigenvalue weighted by Crippen LogP contribution is 2.42. The van der Waals surface area contributed by atoms with Gasteiger partial charge in [0.25, 0.3) is 0 Å². The molecule has 22 heavy (non-hydrogen) atoms. The maximum absolute atomic E-state index is 12.0. The van der Waals surface area contributed by atoms with Gasteiger partial charge in [0.1, 0.15) is 5.60 Å². The molecule has 0 aromatic heterocycles. The minimum absolute atomic E-state index is 0.208. The number of carbonyl (C=O) groups excluding carboxylic acids is 1. The third-order valence-electron chi connectivity index (χ3n) is 4.10. The van der Waals surface area contributed by atoms with E-state index in [0.29, 0.717) is 5.56 Å². The molecular formula is C17H21N3O2. The standard InChI is InChI=1S/C17H21N3O2/c1-16(2,3)22-15(21)20-11-17(12-20)9-19(10-17)14-6-4-5-13(7-14)8-18/h4-7H,9-12H2,1-3H3. The van der Waals surface area contributed by atoms with E-state index >= 15 is 0 Å². The molecule has 0 bridgehead atoms. The predicted molar refractivity (Wildman–Crippen MR) is 83.6 cm³/mol. The molecule has 1 aromatic carbocycles. The average molecular weight is 299 g/mol. The summed E-state index contributed by atoms with van der Waals surface area (Å²) < 4.78 is 5.38. The van der Waals surface area contributed by atoms with Crippen molar-refractivity contribution in [3.8, 4) is 6.07 Å². The Bertz CT molecular complexity index is 628. The Kier molecular flexibility index (Phi) is 3.28. The second-order valence-corrected chi connectivity index (χ2v) is 7.35. The predicted octanol–water partition coefficient (Wildman–Crippen LogP) is 2.62. The molecule has 0 N–H and O–H groups in total. The van der Waals surface area contributed by atoms with Gasteiger partial charge in [-0.3, -0.25) is 0 Å². The van der Waals surface area contributed by atoms with E-state index in [9.17, 15) is 4.79 Å². The van der Waals surface area contributed by atoms with Crippen molar-refractivity contribution < 1.29 is 9.53 Å². The number of nitriles is 1. The zero-order valence-corrected chi connectivity index (χ0v) is 13.3. The van der Waals surface area contributed by atoms with Gasteiger partial charge in [0, 0.05) is 37.3 Å². The lowest BCUT2D eigenvalue weighted by Gasteiger charge is -2.60. The van der Waals surface area contributed by atoms with Crippen LogP contribution in [0.1, 0.15) is 26.3 Å². The number of carbonyl (C=O) groups is 1. The molecule has 0 atom stereocenters. The molecule has 2 fully saturated rings. The zero-order chi connectivity index (χ0) is 16.0. The van der Waals surface area contributed by atoms with E-state index in [-0.39, 0.29) is 11.5 Å². The summed E-state index contributed by atoms with van der Waals surface area (Å²) in [7, 11) is 0. The van der Waals surface area contributed by atoms with Gasteiger partial charge in [0.15, 0.2) is 0 Å². The fourth-order valence-electron chi connectivity index (χ4n) is 3.14. The Balaban J connectivity index is 1.53. The highest BCUT2D eigenvalue weighted by molar-refractivity contribution is 5.70. The van der Waals surface area contributed by atoms with Crippen LogP contribution in [0.4, 0.5) is 10.5 Å². The smallest absolute Gasteiger partial charge is 0.410 e. The largest absolute Gasteiger partial charge is 0.444 e. The minimum atomic E-state index is -0.441. The molecule has 116 valence electrons. The van der Waals surface area contributed by atoms with E-state index in [1.54, 1.807) is 4.90 Å². The van der Waals surface area contributed by atoms with Crippen LogP contribution in [0.3, 0.4) is 0 Å². The van der Waals surface area contributed by atoms with Crippen LogP contribution in [0, 0.1) is 16.7 Å². The zero-order valence-electron chi connectivity index (χ0n) is 13.3. The molecule has 3 rings (SSSR count). The Morgan fingerprint density at radius 1 is 1.27 bits per heavy atom. The molecular weight excluding hydrogens is 278 g/mol.